The van der Waals surface area contributed by atoms with Gasteiger partial charge in [-0.05, 0) is 0 Å². The Kier molecular flexibility index (Phi) is 10.1. The van der Waals surface area contributed by atoms with Crippen LogP contribution < -0.4 is 13.6 Å². The van der Waals surface area contributed by atoms with Gasteiger partial charge >= 0.3 is 380 Å². The molecule has 0 N–H and O–H groups in total. The van der Waals surface area contributed by atoms with E-state index in [-0.39, 0.29) is 18.4 Å². The van der Waals surface area contributed by atoms with Crippen LogP contribution in [-0.2, 0) is 34.1 Å². The van der Waals surface area contributed by atoms with Gasteiger partial charge in [-0.25, -0.2) is 0 Å². The van der Waals surface area contributed by atoms with E-state index in [1.165, 1.54) is 36.9 Å². The molecule has 3 aliphatic rings. The van der Waals surface area contributed by atoms with Crippen LogP contribution in [0.5, 0.6) is 0 Å². The molecule has 2 atom stereocenters. The Morgan fingerprint density at radius 2 is 0.781 bits per heavy atom. The number of benzene rings is 8. The van der Waals surface area contributed by atoms with Crippen LogP contribution in [-0.4, -0.2) is 9.52 Å². The third-order valence-electron chi connectivity index (χ3n) is 13.2. The van der Waals surface area contributed by atoms with Crippen LogP contribution in [0.4, 0.5) is 26.3 Å². The van der Waals surface area contributed by atoms with Crippen molar-refractivity contribution in [1.82, 2.24) is 0 Å². The fraction of sp³-hybridized carbons (Fsp3) is 0.0714. The van der Waals surface area contributed by atoms with Crippen LogP contribution in [0.25, 0.3) is 56.7 Å². The van der Waals surface area contributed by atoms with Gasteiger partial charge in [-0.1, -0.05) is 0 Å². The predicted octanol–water partition coefficient (Wildman–Crippen LogP) is 13.0. The van der Waals surface area contributed by atoms with Gasteiger partial charge < -0.3 is 0 Å². The van der Waals surface area contributed by atoms with Crippen LogP contribution in [0.1, 0.15) is 51.8 Å². The number of halogens is 6. The van der Waals surface area contributed by atoms with E-state index in [0.717, 1.165) is 56.7 Å². The summed E-state index contributed by atoms with van der Waals surface area (Å²) >= 11 is -3.64. The molecule has 11 rings (SSSR count). The van der Waals surface area contributed by atoms with Crippen LogP contribution in [0.2, 0.25) is 0 Å². The summed E-state index contributed by atoms with van der Waals surface area (Å²) < 4.78 is 89.9. The van der Waals surface area contributed by atoms with E-state index in [9.17, 15) is 26.3 Å². The average molecular weight is 943 g/mol. The number of hydrogen-bond acceptors (Lipinski definition) is 0. The topological polar surface area (TPSA) is 0 Å². The normalized spacial score (nSPS) is 16.5. The van der Waals surface area contributed by atoms with Crippen molar-refractivity contribution in [3.05, 3.63) is 233 Å². The Morgan fingerprint density at radius 3 is 1.28 bits per heavy atom. The first kappa shape index (κ1) is 40.7. The second-order valence-electron chi connectivity index (χ2n) is 16.6. The van der Waals surface area contributed by atoms with Gasteiger partial charge in [0.2, 0.25) is 0 Å². The molecule has 0 saturated carbocycles. The van der Waals surface area contributed by atoms with Crippen molar-refractivity contribution in [3.8, 4) is 33.4 Å². The molecule has 0 aromatic heterocycles. The van der Waals surface area contributed by atoms with Gasteiger partial charge in [0.1, 0.15) is 0 Å². The van der Waals surface area contributed by atoms with Gasteiger partial charge in [0.15, 0.2) is 0 Å². The number of alkyl halides is 6. The van der Waals surface area contributed by atoms with Crippen molar-refractivity contribution in [2.75, 3.05) is 0 Å². The number of rotatable bonds is 7. The summed E-state index contributed by atoms with van der Waals surface area (Å²) in [4.78, 5) is 0. The molecule has 1 aliphatic heterocycles. The molecule has 311 valence electrons. The first-order valence-electron chi connectivity index (χ1n) is 21.3. The van der Waals surface area contributed by atoms with Crippen molar-refractivity contribution < 1.29 is 48.1 Å². The minimum atomic E-state index is -4.57. The molecule has 2 unspecified atom stereocenters. The van der Waals surface area contributed by atoms with E-state index in [4.69, 9.17) is 0 Å². The fourth-order valence-corrected chi connectivity index (χ4v) is 24.3. The molecule has 2 aliphatic carbocycles. The zero-order chi connectivity index (χ0) is 43.7. The van der Waals surface area contributed by atoms with E-state index in [2.05, 4.69) is 91.0 Å². The summed E-state index contributed by atoms with van der Waals surface area (Å²) in [7, 11) is -0.977. The predicted molar refractivity (Wildman–Crippen MR) is 247 cm³/mol. The molecule has 8 aromatic rings. The summed E-state index contributed by atoms with van der Waals surface area (Å²) in [5.41, 5.74) is 10.1. The van der Waals surface area contributed by atoms with E-state index >= 15 is 0 Å². The Morgan fingerprint density at radius 1 is 0.375 bits per heavy atom. The molecule has 8 aromatic carbocycles. The summed E-state index contributed by atoms with van der Waals surface area (Å²) in [5.74, 6) is 0. The molecule has 1 heterocycles. The van der Waals surface area contributed by atoms with Crippen molar-refractivity contribution in [1.29, 1.82) is 0 Å². The molecule has 0 radical (unpaired) electrons. The van der Waals surface area contributed by atoms with E-state index in [1.807, 2.05) is 60.7 Å². The molecule has 64 heavy (non-hydrogen) atoms. The Hall–Kier alpha value is -6.08. The number of hydrogen-bond donors (Lipinski definition) is 0. The van der Waals surface area contributed by atoms with Gasteiger partial charge in [-0.15, -0.1) is 0 Å². The first-order chi connectivity index (χ1) is 31.1. The third kappa shape index (κ3) is 6.85. The van der Waals surface area contributed by atoms with Crippen LogP contribution in [0.15, 0.2) is 188 Å². The SMILES string of the molecule is FC(F)(F)c1ccccc1-c1cccc2c1C=C(c1ccccc1)[CH]2[Zr]([c]1cccc2c1[SiH2]c1ccccc1-2)[CH]1C(c2ccccc2)=Cc2c(-c3ccccc3C(F)(F)F)cccc21. The molecule has 0 fully saturated rings. The third-order valence-corrected chi connectivity index (χ3v) is 24.9. The molecule has 0 saturated heterocycles. The molecule has 0 amide bonds. The summed E-state index contributed by atoms with van der Waals surface area (Å²) in [6.07, 6.45) is -4.85. The quantitative estimate of drug-likeness (QED) is 0.110. The molecule has 0 bridgehead atoms. The van der Waals surface area contributed by atoms with Gasteiger partial charge in [0.05, 0.1) is 0 Å². The Bertz CT molecular complexity index is 3020. The molecular formula is C56H37F6SiZr. The monoisotopic (exact) mass is 941 g/mol. The van der Waals surface area contributed by atoms with Crippen molar-refractivity contribution in [2.24, 2.45) is 0 Å². The molecule has 0 nitrogen and oxygen atoms in total. The maximum absolute atomic E-state index is 14.8. The van der Waals surface area contributed by atoms with E-state index < -0.39 is 54.7 Å². The van der Waals surface area contributed by atoms with E-state index in [1.54, 1.807) is 24.3 Å². The zero-order valence-corrected chi connectivity index (χ0v) is 38.1. The van der Waals surface area contributed by atoms with Crippen LogP contribution in [0.3, 0.4) is 0 Å². The Labute approximate surface area is 377 Å². The van der Waals surface area contributed by atoms with Crippen LogP contribution >= 0.6 is 0 Å². The second kappa shape index (κ2) is 15.9. The van der Waals surface area contributed by atoms with E-state index in [0.29, 0.717) is 11.1 Å². The minimum absolute atomic E-state index is 0.133. The molecular weight excluding hydrogens is 906 g/mol. The summed E-state index contributed by atoms with van der Waals surface area (Å²) in [6.45, 7) is 0. The van der Waals surface area contributed by atoms with Gasteiger partial charge in [0, 0.05) is 0 Å². The van der Waals surface area contributed by atoms with Crippen LogP contribution in [0, 0.1) is 0 Å². The van der Waals surface area contributed by atoms with Gasteiger partial charge in [-0.3, -0.25) is 0 Å². The summed E-state index contributed by atoms with van der Waals surface area (Å²) in [5, 5.41) is 2.78. The molecule has 0 spiro atoms. The second-order valence-corrected chi connectivity index (χ2v) is 24.8. The number of fused-ring (bicyclic) bond motifs is 5. The Balaban J connectivity index is 1.22. The van der Waals surface area contributed by atoms with Crippen molar-refractivity contribution >= 4 is 46.5 Å². The number of allylic oxidation sites excluding steroid dienone is 2. The van der Waals surface area contributed by atoms with Crippen molar-refractivity contribution in [2.45, 2.75) is 19.6 Å². The van der Waals surface area contributed by atoms with Gasteiger partial charge in [-0.2, -0.15) is 0 Å². The molecule has 8 heteroatoms. The summed E-state index contributed by atoms with van der Waals surface area (Å²) in [6, 6.07) is 59.0. The van der Waals surface area contributed by atoms with Gasteiger partial charge in [0.25, 0.3) is 0 Å². The average Bonchev–Trinajstić information content (AvgIpc) is 4.02. The van der Waals surface area contributed by atoms with Crippen molar-refractivity contribution in [3.63, 3.8) is 0 Å². The fourth-order valence-electron chi connectivity index (χ4n) is 10.5. The maximum atomic E-state index is 14.8. The zero-order valence-electron chi connectivity index (χ0n) is 34.2. The standard InChI is InChI=1S/2C22H14F3.C12H9Si.Zr/c2*23-22(24,25)21-12-5-4-10-19(21)18-11-6-9-16-13-17(14-20(16)18)15-7-2-1-3-8-15;1-3-7-11-9(5-1)10-6-2-4-8-12(10)13-11;/h2*1-14H;1-7H,13H2;. The first-order valence-corrected chi connectivity index (χ1v) is 26.7.